The van der Waals surface area contributed by atoms with E-state index in [0.29, 0.717) is 23.0 Å². The zero-order chi connectivity index (χ0) is 17.8. The van der Waals surface area contributed by atoms with Crippen LogP contribution in [-0.4, -0.2) is 30.2 Å². The van der Waals surface area contributed by atoms with Crippen LogP contribution in [0.5, 0.6) is 0 Å². The Labute approximate surface area is 158 Å². The summed E-state index contributed by atoms with van der Waals surface area (Å²) < 4.78 is 0. The van der Waals surface area contributed by atoms with Crippen LogP contribution in [0, 0.1) is 0 Å². The average Bonchev–Trinajstić information content (AvgIpc) is 2.68. The fourth-order valence-electron chi connectivity index (χ4n) is 3.36. The number of amides is 1. The molecule has 1 amide bonds. The van der Waals surface area contributed by atoms with Crippen LogP contribution in [-0.2, 0) is 6.54 Å². The first-order valence-electron chi connectivity index (χ1n) is 8.54. The average molecular weight is 375 g/mol. The second kappa shape index (κ2) is 8.26. The number of nitrogens with two attached hydrogens (primary N) is 1. The number of rotatable bonds is 4. The topological polar surface area (TPSA) is 46.3 Å². The number of halogens is 1. The number of thioether (sulfide) groups is 1. The van der Waals surface area contributed by atoms with Gasteiger partial charge in [0.05, 0.1) is 10.6 Å². The molecule has 0 aromatic heterocycles. The van der Waals surface area contributed by atoms with E-state index in [-0.39, 0.29) is 5.91 Å². The lowest BCUT2D eigenvalue weighted by atomic mass is 9.88. The summed E-state index contributed by atoms with van der Waals surface area (Å²) >= 11 is 7.87. The molecule has 3 rings (SSSR count). The summed E-state index contributed by atoms with van der Waals surface area (Å²) in [5, 5.41) is 0.528. The van der Waals surface area contributed by atoms with Crippen molar-refractivity contribution in [1.29, 1.82) is 0 Å². The van der Waals surface area contributed by atoms with Gasteiger partial charge in [-0.25, -0.2) is 0 Å². The molecule has 0 saturated carbocycles. The third kappa shape index (κ3) is 4.20. The summed E-state index contributed by atoms with van der Waals surface area (Å²) in [6.07, 6.45) is 3.94. The maximum atomic E-state index is 12.8. The Balaban J connectivity index is 1.68. The molecule has 2 aromatic carbocycles. The molecule has 2 aromatic rings. The summed E-state index contributed by atoms with van der Waals surface area (Å²) in [7, 11) is 0. The summed E-state index contributed by atoms with van der Waals surface area (Å²) in [4.78, 5) is 15.8. The molecule has 0 unspecified atom stereocenters. The highest BCUT2D eigenvalue weighted by Gasteiger charge is 2.26. The first-order valence-corrected chi connectivity index (χ1v) is 10.1. The molecule has 1 fully saturated rings. The van der Waals surface area contributed by atoms with E-state index < -0.39 is 0 Å². The van der Waals surface area contributed by atoms with E-state index in [4.69, 9.17) is 17.3 Å². The van der Waals surface area contributed by atoms with Crippen molar-refractivity contribution in [2.45, 2.75) is 30.2 Å². The molecule has 0 aliphatic carbocycles. The predicted molar refractivity (Wildman–Crippen MR) is 105 cm³/mol. The highest BCUT2D eigenvalue weighted by atomic mass is 35.5. The maximum absolute atomic E-state index is 12.8. The van der Waals surface area contributed by atoms with E-state index in [1.54, 1.807) is 11.8 Å². The van der Waals surface area contributed by atoms with Crippen LogP contribution >= 0.6 is 23.4 Å². The summed E-state index contributed by atoms with van der Waals surface area (Å²) in [5.74, 6) is 0.526. The van der Waals surface area contributed by atoms with Crippen LogP contribution in [0.1, 0.15) is 40.2 Å². The van der Waals surface area contributed by atoms with Crippen molar-refractivity contribution in [3.8, 4) is 0 Å². The van der Waals surface area contributed by atoms with Crippen LogP contribution in [0.25, 0.3) is 0 Å². The maximum Gasteiger partial charge on any atom is 0.255 e. The summed E-state index contributed by atoms with van der Waals surface area (Å²) in [5.41, 5.74) is 8.85. The van der Waals surface area contributed by atoms with E-state index in [0.717, 1.165) is 36.4 Å². The van der Waals surface area contributed by atoms with Gasteiger partial charge in [0.15, 0.2) is 0 Å². The Hall–Kier alpha value is -1.49. The Morgan fingerprint density at radius 3 is 2.68 bits per heavy atom. The number of carbonyl (C=O) groups excluding carboxylic acids is 1. The van der Waals surface area contributed by atoms with Gasteiger partial charge in [-0.1, -0.05) is 35.9 Å². The minimum absolute atomic E-state index is 0.0371. The van der Waals surface area contributed by atoms with Crippen molar-refractivity contribution >= 4 is 29.3 Å². The zero-order valence-electron chi connectivity index (χ0n) is 14.4. The van der Waals surface area contributed by atoms with Crippen LogP contribution in [0.15, 0.2) is 47.4 Å². The fraction of sp³-hybridized carbons (Fsp3) is 0.350. The van der Waals surface area contributed by atoms with Crippen LogP contribution in [0.4, 0.5) is 0 Å². The van der Waals surface area contributed by atoms with E-state index in [1.165, 1.54) is 5.56 Å². The minimum Gasteiger partial charge on any atom is -0.339 e. The van der Waals surface area contributed by atoms with Gasteiger partial charge in [0, 0.05) is 24.5 Å². The van der Waals surface area contributed by atoms with Crippen molar-refractivity contribution in [1.82, 2.24) is 4.90 Å². The van der Waals surface area contributed by atoms with E-state index >= 15 is 0 Å². The molecule has 0 atom stereocenters. The lowest BCUT2D eigenvalue weighted by Gasteiger charge is -2.32. The smallest absolute Gasteiger partial charge is 0.255 e. The number of likely N-dealkylation sites (tertiary alicyclic amines) is 1. The van der Waals surface area contributed by atoms with Crippen LogP contribution in [0.3, 0.4) is 0 Å². The normalized spacial score (nSPS) is 15.4. The third-order valence-corrected chi connectivity index (χ3v) is 5.90. The molecule has 0 radical (unpaired) electrons. The van der Waals surface area contributed by atoms with E-state index in [2.05, 4.69) is 24.3 Å². The Bertz CT molecular complexity index is 757. The van der Waals surface area contributed by atoms with Gasteiger partial charge >= 0.3 is 0 Å². The molecule has 1 aliphatic rings. The molecule has 1 aliphatic heterocycles. The quantitative estimate of drug-likeness (QED) is 0.799. The molecule has 1 heterocycles. The second-order valence-corrected chi connectivity index (χ2v) is 7.65. The molecule has 0 bridgehead atoms. The van der Waals surface area contributed by atoms with Crippen molar-refractivity contribution in [2.75, 3.05) is 19.3 Å². The third-order valence-electron chi connectivity index (χ3n) is 4.84. The minimum atomic E-state index is 0.0371. The van der Waals surface area contributed by atoms with E-state index in [9.17, 15) is 4.79 Å². The monoisotopic (exact) mass is 374 g/mol. The Morgan fingerprint density at radius 2 is 2.00 bits per heavy atom. The number of hydrogen-bond donors (Lipinski definition) is 1. The summed E-state index contributed by atoms with van der Waals surface area (Å²) in [6.45, 7) is 2.09. The Kier molecular flexibility index (Phi) is 6.05. The van der Waals surface area contributed by atoms with Crippen LogP contribution in [0.2, 0.25) is 5.02 Å². The van der Waals surface area contributed by atoms with Crippen molar-refractivity contribution in [2.24, 2.45) is 5.73 Å². The van der Waals surface area contributed by atoms with Gasteiger partial charge in [0.25, 0.3) is 5.91 Å². The molecule has 1 saturated heterocycles. The van der Waals surface area contributed by atoms with Crippen molar-refractivity contribution in [3.05, 3.63) is 64.2 Å². The summed E-state index contributed by atoms with van der Waals surface area (Å²) in [6, 6.07) is 14.1. The molecule has 25 heavy (non-hydrogen) atoms. The van der Waals surface area contributed by atoms with Gasteiger partial charge in [-0.2, -0.15) is 0 Å². The van der Waals surface area contributed by atoms with E-state index in [1.807, 2.05) is 29.4 Å². The number of nitrogens with zero attached hydrogens (tertiary/aromatic N) is 1. The first-order chi connectivity index (χ1) is 12.1. The standard InChI is InChI=1S/C20H23ClN2OS/c1-25-17-5-6-19(21)18(12-17)20(24)23-9-7-15(8-10-23)16-4-2-3-14(11-16)13-22/h2-6,11-12,15H,7-10,13,22H2,1H3. The highest BCUT2D eigenvalue weighted by Crippen LogP contribution is 2.30. The molecule has 132 valence electrons. The van der Waals surface area contributed by atoms with Crippen LogP contribution < -0.4 is 5.73 Å². The SMILES string of the molecule is CSc1ccc(Cl)c(C(=O)N2CCC(c3cccc(CN)c3)CC2)c1. The molecule has 0 spiro atoms. The van der Waals surface area contributed by atoms with Crippen molar-refractivity contribution < 1.29 is 4.79 Å². The molecule has 2 N–H and O–H groups in total. The lowest BCUT2D eigenvalue weighted by molar-refractivity contribution is 0.0713. The second-order valence-electron chi connectivity index (χ2n) is 6.36. The van der Waals surface area contributed by atoms with Gasteiger partial charge < -0.3 is 10.6 Å². The molecule has 3 nitrogen and oxygen atoms in total. The first kappa shape index (κ1) is 18.3. The zero-order valence-corrected chi connectivity index (χ0v) is 15.9. The predicted octanol–water partition coefficient (Wildman–Crippen LogP) is 4.54. The fourth-order valence-corrected chi connectivity index (χ4v) is 3.99. The highest BCUT2D eigenvalue weighted by molar-refractivity contribution is 7.98. The number of benzene rings is 2. The van der Waals surface area contributed by atoms with Gasteiger partial charge in [0.2, 0.25) is 0 Å². The number of piperidine rings is 1. The van der Waals surface area contributed by atoms with Crippen molar-refractivity contribution in [3.63, 3.8) is 0 Å². The van der Waals surface area contributed by atoms with Gasteiger partial charge in [-0.05, 0) is 54.3 Å². The van der Waals surface area contributed by atoms with Gasteiger partial charge in [-0.3, -0.25) is 4.79 Å². The number of carbonyl (C=O) groups is 1. The largest absolute Gasteiger partial charge is 0.339 e. The lowest BCUT2D eigenvalue weighted by Crippen LogP contribution is -2.38. The molecular formula is C20H23ClN2OS. The number of hydrogen-bond acceptors (Lipinski definition) is 3. The Morgan fingerprint density at radius 1 is 1.24 bits per heavy atom. The molecule has 5 heteroatoms. The van der Waals surface area contributed by atoms with Gasteiger partial charge in [-0.15, -0.1) is 11.8 Å². The molecular weight excluding hydrogens is 352 g/mol. The van der Waals surface area contributed by atoms with Gasteiger partial charge in [0.1, 0.15) is 0 Å².